The number of nitrogens with one attached hydrogen (secondary N) is 1. The van der Waals surface area contributed by atoms with Gasteiger partial charge < -0.3 is 11.1 Å². The maximum absolute atomic E-state index is 5.98. The first-order valence-corrected chi connectivity index (χ1v) is 9.53. The van der Waals surface area contributed by atoms with Gasteiger partial charge in [0.2, 0.25) is 0 Å². The lowest BCUT2D eigenvalue weighted by atomic mass is 10.1. The molecule has 0 unspecified atom stereocenters. The first kappa shape index (κ1) is 17.7. The molecule has 4 nitrogen and oxygen atoms in total. The van der Waals surface area contributed by atoms with E-state index in [1.54, 1.807) is 0 Å². The third-order valence-corrected chi connectivity index (χ3v) is 4.77. The predicted octanol–water partition coefficient (Wildman–Crippen LogP) is 4.06. The van der Waals surface area contributed by atoms with Gasteiger partial charge in [-0.1, -0.05) is 37.6 Å². The van der Waals surface area contributed by atoms with E-state index in [0.717, 1.165) is 37.3 Å². The Morgan fingerprint density at radius 1 is 1.08 bits per heavy atom. The van der Waals surface area contributed by atoms with Gasteiger partial charge in [-0.05, 0) is 49.5 Å². The lowest BCUT2D eigenvalue weighted by Crippen LogP contribution is -2.18. The minimum Gasteiger partial charge on any atom is -0.385 e. The number of benzene rings is 1. The Morgan fingerprint density at radius 2 is 1.80 bits per heavy atom. The van der Waals surface area contributed by atoms with E-state index in [2.05, 4.69) is 52.5 Å². The standard InChI is InChI=1S/C21H30N4/c1-2-3-10-23-19-14-20(24-21(22)15-19)13-17-6-8-18(9-7-17)16-25-11-4-5-12-25/h6-9,14-15H,2-5,10-13,16H2,1H3,(H3,22,23,24). The molecule has 1 aromatic carbocycles. The molecule has 0 amide bonds. The van der Waals surface area contributed by atoms with Crippen molar-refractivity contribution in [3.05, 3.63) is 53.2 Å². The second-order valence-electron chi connectivity index (χ2n) is 7.03. The molecule has 0 saturated carbocycles. The Kier molecular flexibility index (Phi) is 6.29. The zero-order chi connectivity index (χ0) is 17.5. The van der Waals surface area contributed by atoms with Gasteiger partial charge in [0, 0.05) is 37.0 Å². The Hall–Kier alpha value is -2.07. The van der Waals surface area contributed by atoms with E-state index in [-0.39, 0.29) is 0 Å². The normalized spacial score (nSPS) is 14.8. The molecular formula is C21H30N4. The fourth-order valence-electron chi connectivity index (χ4n) is 3.38. The summed E-state index contributed by atoms with van der Waals surface area (Å²) in [5.74, 6) is 0.585. The van der Waals surface area contributed by atoms with E-state index in [4.69, 9.17) is 5.73 Å². The van der Waals surface area contributed by atoms with Crippen molar-refractivity contribution in [3.63, 3.8) is 0 Å². The zero-order valence-corrected chi connectivity index (χ0v) is 15.3. The van der Waals surface area contributed by atoms with Crippen LogP contribution in [0.4, 0.5) is 11.5 Å². The van der Waals surface area contributed by atoms with E-state index < -0.39 is 0 Å². The number of unbranched alkanes of at least 4 members (excludes halogenated alkanes) is 1. The summed E-state index contributed by atoms with van der Waals surface area (Å²) >= 11 is 0. The Morgan fingerprint density at radius 3 is 2.52 bits per heavy atom. The van der Waals surface area contributed by atoms with E-state index in [1.807, 2.05) is 6.07 Å². The molecule has 1 saturated heterocycles. The number of nitrogen functional groups attached to an aromatic ring is 1. The molecule has 1 aromatic heterocycles. The quantitative estimate of drug-likeness (QED) is 0.713. The molecule has 134 valence electrons. The van der Waals surface area contributed by atoms with E-state index in [9.17, 15) is 0 Å². The molecule has 1 fully saturated rings. The van der Waals surface area contributed by atoms with Crippen LogP contribution in [0, 0.1) is 0 Å². The van der Waals surface area contributed by atoms with Gasteiger partial charge in [-0.25, -0.2) is 4.98 Å². The second-order valence-corrected chi connectivity index (χ2v) is 7.03. The van der Waals surface area contributed by atoms with Crippen molar-refractivity contribution >= 4 is 11.5 Å². The van der Waals surface area contributed by atoms with Gasteiger partial charge in [0.25, 0.3) is 0 Å². The number of nitrogens with two attached hydrogens (primary N) is 1. The molecule has 25 heavy (non-hydrogen) atoms. The highest BCUT2D eigenvalue weighted by Crippen LogP contribution is 2.18. The highest BCUT2D eigenvalue weighted by Gasteiger charge is 2.11. The van der Waals surface area contributed by atoms with Gasteiger partial charge in [-0.15, -0.1) is 0 Å². The van der Waals surface area contributed by atoms with Crippen LogP contribution in [0.3, 0.4) is 0 Å². The lowest BCUT2D eigenvalue weighted by molar-refractivity contribution is 0.331. The molecule has 0 bridgehead atoms. The van der Waals surface area contributed by atoms with Crippen LogP contribution in [0.5, 0.6) is 0 Å². The molecule has 3 N–H and O–H groups in total. The van der Waals surface area contributed by atoms with E-state index in [1.165, 1.54) is 43.5 Å². The summed E-state index contributed by atoms with van der Waals surface area (Å²) in [5, 5.41) is 3.44. The summed E-state index contributed by atoms with van der Waals surface area (Å²) in [6.45, 7) is 6.72. The van der Waals surface area contributed by atoms with E-state index >= 15 is 0 Å². The number of rotatable bonds is 8. The Balaban J connectivity index is 1.61. The van der Waals surface area contributed by atoms with Crippen molar-refractivity contribution in [2.45, 2.75) is 45.6 Å². The molecule has 4 heteroatoms. The van der Waals surface area contributed by atoms with Crippen LogP contribution in [-0.4, -0.2) is 29.5 Å². The topological polar surface area (TPSA) is 54.2 Å². The summed E-state index contributed by atoms with van der Waals surface area (Å²) in [6, 6.07) is 13.0. The number of aromatic nitrogens is 1. The molecule has 0 aliphatic carbocycles. The maximum atomic E-state index is 5.98. The molecule has 1 aliphatic rings. The van der Waals surface area contributed by atoms with Crippen LogP contribution in [0.2, 0.25) is 0 Å². The molecule has 2 heterocycles. The fraction of sp³-hybridized carbons (Fsp3) is 0.476. The largest absolute Gasteiger partial charge is 0.385 e. The van der Waals surface area contributed by atoms with Crippen LogP contribution in [0.15, 0.2) is 36.4 Å². The monoisotopic (exact) mass is 338 g/mol. The molecule has 0 atom stereocenters. The average Bonchev–Trinajstić information content (AvgIpc) is 3.09. The number of hydrogen-bond donors (Lipinski definition) is 2. The second kappa shape index (κ2) is 8.86. The van der Waals surface area contributed by atoms with Gasteiger partial charge >= 0.3 is 0 Å². The average molecular weight is 338 g/mol. The third-order valence-electron chi connectivity index (χ3n) is 4.77. The van der Waals surface area contributed by atoms with Crippen molar-refractivity contribution in [2.75, 3.05) is 30.7 Å². The maximum Gasteiger partial charge on any atom is 0.125 e. The summed E-state index contributed by atoms with van der Waals surface area (Å²) in [5.41, 5.74) is 10.7. The molecule has 3 rings (SSSR count). The molecular weight excluding hydrogens is 308 g/mol. The fourth-order valence-corrected chi connectivity index (χ4v) is 3.38. The van der Waals surface area contributed by atoms with Crippen molar-refractivity contribution in [1.29, 1.82) is 0 Å². The summed E-state index contributed by atoms with van der Waals surface area (Å²) in [7, 11) is 0. The molecule has 2 aromatic rings. The van der Waals surface area contributed by atoms with Crippen LogP contribution in [-0.2, 0) is 13.0 Å². The SMILES string of the molecule is CCCCNc1cc(N)nc(Cc2ccc(CN3CCCC3)cc2)c1. The molecule has 0 spiro atoms. The van der Waals surface area contributed by atoms with E-state index in [0.29, 0.717) is 5.82 Å². The number of likely N-dealkylation sites (tertiary alicyclic amines) is 1. The van der Waals surface area contributed by atoms with Crippen molar-refractivity contribution in [1.82, 2.24) is 9.88 Å². The smallest absolute Gasteiger partial charge is 0.125 e. The van der Waals surface area contributed by atoms with Gasteiger partial charge in [0.05, 0.1) is 0 Å². The summed E-state index contributed by atoms with van der Waals surface area (Å²) < 4.78 is 0. The third kappa shape index (κ3) is 5.46. The van der Waals surface area contributed by atoms with Gasteiger partial charge in [-0.2, -0.15) is 0 Å². The van der Waals surface area contributed by atoms with Crippen molar-refractivity contribution < 1.29 is 0 Å². The first-order valence-electron chi connectivity index (χ1n) is 9.53. The lowest BCUT2D eigenvalue weighted by Gasteiger charge is -2.14. The first-order chi connectivity index (χ1) is 12.2. The minimum absolute atomic E-state index is 0.585. The van der Waals surface area contributed by atoms with Crippen LogP contribution < -0.4 is 11.1 Å². The van der Waals surface area contributed by atoms with Crippen LogP contribution >= 0.6 is 0 Å². The zero-order valence-electron chi connectivity index (χ0n) is 15.3. The van der Waals surface area contributed by atoms with Gasteiger partial charge in [0.1, 0.15) is 5.82 Å². The highest BCUT2D eigenvalue weighted by atomic mass is 15.1. The minimum atomic E-state index is 0.585. The predicted molar refractivity (Wildman–Crippen MR) is 106 cm³/mol. The number of hydrogen-bond acceptors (Lipinski definition) is 4. The number of pyridine rings is 1. The highest BCUT2D eigenvalue weighted by molar-refractivity contribution is 5.52. The summed E-state index contributed by atoms with van der Waals surface area (Å²) in [6.07, 6.45) is 5.85. The Labute approximate surface area is 151 Å². The Bertz CT molecular complexity index is 660. The molecule has 1 aliphatic heterocycles. The molecule has 0 radical (unpaired) electrons. The van der Waals surface area contributed by atoms with Crippen molar-refractivity contribution in [3.8, 4) is 0 Å². The van der Waals surface area contributed by atoms with Crippen LogP contribution in [0.1, 0.15) is 49.4 Å². The van der Waals surface area contributed by atoms with Gasteiger partial charge in [0.15, 0.2) is 0 Å². The van der Waals surface area contributed by atoms with Crippen LogP contribution in [0.25, 0.3) is 0 Å². The summed E-state index contributed by atoms with van der Waals surface area (Å²) in [4.78, 5) is 7.02. The number of anilines is 2. The number of nitrogens with zero attached hydrogens (tertiary/aromatic N) is 2. The van der Waals surface area contributed by atoms with Gasteiger partial charge in [-0.3, -0.25) is 4.90 Å². The van der Waals surface area contributed by atoms with Crippen molar-refractivity contribution in [2.24, 2.45) is 0 Å².